The molecule has 4 rings (SSSR count). The number of halogens is 1. The summed E-state index contributed by atoms with van der Waals surface area (Å²) in [6.45, 7) is 3.93. The van der Waals surface area contributed by atoms with E-state index in [0.29, 0.717) is 22.4 Å². The predicted octanol–water partition coefficient (Wildman–Crippen LogP) is 3.65. The first kappa shape index (κ1) is 18.5. The smallest absolute Gasteiger partial charge is 0.238 e. The molecule has 1 aliphatic rings. The van der Waals surface area contributed by atoms with E-state index in [0.717, 1.165) is 16.9 Å². The van der Waals surface area contributed by atoms with Gasteiger partial charge in [-0.1, -0.05) is 23.7 Å². The number of ether oxygens (including phenoxy) is 1. The van der Waals surface area contributed by atoms with Gasteiger partial charge in [0.05, 0.1) is 25.2 Å². The van der Waals surface area contributed by atoms with E-state index in [-0.39, 0.29) is 12.1 Å². The number of benzene rings is 1. The second-order valence-corrected chi connectivity index (χ2v) is 6.99. The number of hydrogen-bond donors (Lipinski definition) is 1. The number of nitrogens with one attached hydrogen (secondary N) is 1. The highest BCUT2D eigenvalue weighted by Gasteiger charge is 2.27. The summed E-state index contributed by atoms with van der Waals surface area (Å²) in [5.74, 6) is 1.04. The molecule has 0 saturated heterocycles. The predicted molar refractivity (Wildman–Crippen MR) is 107 cm³/mol. The van der Waals surface area contributed by atoms with Crippen LogP contribution in [0, 0.1) is 6.92 Å². The minimum absolute atomic E-state index is 0.0961. The van der Waals surface area contributed by atoms with E-state index in [1.165, 1.54) is 0 Å². The van der Waals surface area contributed by atoms with E-state index in [9.17, 15) is 0 Å². The van der Waals surface area contributed by atoms with Crippen molar-refractivity contribution in [1.82, 2.24) is 20.0 Å². The zero-order valence-corrected chi connectivity index (χ0v) is 16.5. The molecule has 3 aromatic rings. The Hall–Kier alpha value is -2.90. The van der Waals surface area contributed by atoms with Crippen molar-refractivity contribution >= 4 is 17.4 Å². The van der Waals surface area contributed by atoms with Gasteiger partial charge in [-0.25, -0.2) is 15.4 Å². The highest BCUT2D eigenvalue weighted by Crippen LogP contribution is 2.28. The van der Waals surface area contributed by atoms with E-state index in [1.807, 2.05) is 61.0 Å². The number of aromatic nitrogens is 3. The van der Waals surface area contributed by atoms with E-state index < -0.39 is 0 Å². The Labute approximate surface area is 168 Å². The van der Waals surface area contributed by atoms with Crippen molar-refractivity contribution in [2.24, 2.45) is 4.99 Å². The molecule has 0 bridgehead atoms. The van der Waals surface area contributed by atoms with Gasteiger partial charge in [0.2, 0.25) is 5.88 Å². The lowest BCUT2D eigenvalue weighted by molar-refractivity contribution is -0.0140. The Morgan fingerprint density at radius 3 is 2.61 bits per heavy atom. The molecule has 2 atom stereocenters. The zero-order valence-electron chi connectivity index (χ0n) is 15.8. The van der Waals surface area contributed by atoms with Gasteiger partial charge in [-0.2, -0.15) is 0 Å². The molecule has 3 heterocycles. The van der Waals surface area contributed by atoms with Gasteiger partial charge in [0.1, 0.15) is 17.5 Å². The fourth-order valence-corrected chi connectivity index (χ4v) is 3.22. The Kier molecular flexibility index (Phi) is 5.02. The summed E-state index contributed by atoms with van der Waals surface area (Å²) >= 11 is 5.97. The van der Waals surface area contributed by atoms with E-state index >= 15 is 0 Å². The summed E-state index contributed by atoms with van der Waals surface area (Å²) in [4.78, 5) is 19.4. The van der Waals surface area contributed by atoms with Crippen LogP contribution in [0.25, 0.3) is 5.69 Å². The molecule has 144 valence electrons. The van der Waals surface area contributed by atoms with Crippen molar-refractivity contribution in [3.05, 3.63) is 70.9 Å². The van der Waals surface area contributed by atoms with Crippen LogP contribution >= 0.6 is 11.6 Å². The van der Waals surface area contributed by atoms with E-state index in [1.54, 1.807) is 13.4 Å². The van der Waals surface area contributed by atoms with Crippen molar-refractivity contribution in [2.75, 3.05) is 7.11 Å². The number of nitrogens with zero attached hydrogens (tertiary/aromatic N) is 4. The summed E-state index contributed by atoms with van der Waals surface area (Å²) < 4.78 is 7.34. The van der Waals surface area contributed by atoms with Crippen LogP contribution in [-0.2, 0) is 4.84 Å². The van der Waals surface area contributed by atoms with Gasteiger partial charge in [-0.3, -0.25) is 9.83 Å². The number of hydroxylamine groups is 1. The molecule has 0 fully saturated rings. The lowest BCUT2D eigenvalue weighted by atomic mass is 10.0. The van der Waals surface area contributed by atoms with Gasteiger partial charge < -0.3 is 9.30 Å². The molecule has 2 aromatic heterocycles. The summed E-state index contributed by atoms with van der Waals surface area (Å²) in [5, 5.41) is 0.689. The molecule has 0 aliphatic carbocycles. The maximum absolute atomic E-state index is 5.97. The van der Waals surface area contributed by atoms with Gasteiger partial charge in [-0.05, 0) is 43.7 Å². The number of amidine groups is 1. The average Bonchev–Trinajstić information content (AvgIpc) is 3.14. The van der Waals surface area contributed by atoms with Crippen LogP contribution in [-0.4, -0.2) is 33.5 Å². The molecule has 8 heteroatoms. The molecular formula is C20H20ClN5O2. The number of pyridine rings is 1. The third kappa shape index (κ3) is 3.58. The highest BCUT2D eigenvalue weighted by atomic mass is 35.5. The number of rotatable bonds is 4. The second-order valence-electron chi connectivity index (χ2n) is 6.56. The number of imidazole rings is 1. The normalized spacial score (nSPS) is 19.1. The lowest BCUT2D eigenvalue weighted by Gasteiger charge is -2.28. The van der Waals surface area contributed by atoms with Crippen LogP contribution < -0.4 is 10.2 Å². The molecule has 0 radical (unpaired) electrons. The fraction of sp³-hybridized carbons (Fsp3) is 0.250. The SMILES string of the molecule is COc1nc(C2=N[C@H](C)[C@H](c3ccc(Cl)cc3)ON2)ccc1-n1cnc(C)c1. The molecule has 1 aromatic carbocycles. The quantitative estimate of drug-likeness (QED) is 0.727. The Balaban J connectivity index is 1.61. The first-order valence-electron chi connectivity index (χ1n) is 8.86. The van der Waals surface area contributed by atoms with E-state index in [2.05, 4.69) is 15.4 Å². The molecule has 0 spiro atoms. The second kappa shape index (κ2) is 7.61. The first-order chi connectivity index (χ1) is 13.5. The van der Waals surface area contributed by atoms with Crippen molar-refractivity contribution in [3.63, 3.8) is 0 Å². The van der Waals surface area contributed by atoms with Gasteiger partial charge in [-0.15, -0.1) is 0 Å². The number of methoxy groups -OCH3 is 1. The Bertz CT molecular complexity index is 1020. The molecule has 0 unspecified atom stereocenters. The first-order valence-corrected chi connectivity index (χ1v) is 9.24. The largest absolute Gasteiger partial charge is 0.479 e. The highest BCUT2D eigenvalue weighted by molar-refractivity contribution is 6.30. The van der Waals surface area contributed by atoms with Gasteiger partial charge in [0.15, 0.2) is 5.84 Å². The van der Waals surface area contributed by atoms with Crippen LogP contribution in [0.15, 0.2) is 53.9 Å². The van der Waals surface area contributed by atoms with E-state index in [4.69, 9.17) is 26.2 Å². The molecule has 28 heavy (non-hydrogen) atoms. The monoisotopic (exact) mass is 397 g/mol. The molecule has 1 N–H and O–H groups in total. The van der Waals surface area contributed by atoms with Gasteiger partial charge in [0.25, 0.3) is 0 Å². The number of aryl methyl sites for hydroxylation is 1. The maximum atomic E-state index is 5.97. The Morgan fingerprint density at radius 1 is 1.18 bits per heavy atom. The molecule has 0 saturated carbocycles. The van der Waals surface area contributed by atoms with Crippen molar-refractivity contribution in [1.29, 1.82) is 0 Å². The van der Waals surface area contributed by atoms with Crippen LogP contribution in [0.4, 0.5) is 0 Å². The zero-order chi connectivity index (χ0) is 19.7. The van der Waals surface area contributed by atoms with Crippen LogP contribution in [0.2, 0.25) is 5.02 Å². The van der Waals surface area contributed by atoms with Gasteiger partial charge in [0, 0.05) is 11.2 Å². The number of aliphatic imine (C=N–C) groups is 1. The van der Waals surface area contributed by atoms with Crippen molar-refractivity contribution in [3.8, 4) is 11.6 Å². The van der Waals surface area contributed by atoms with Gasteiger partial charge >= 0.3 is 0 Å². The molecule has 1 aliphatic heterocycles. The third-order valence-electron chi connectivity index (χ3n) is 4.52. The molecule has 7 nitrogen and oxygen atoms in total. The maximum Gasteiger partial charge on any atom is 0.238 e. The summed E-state index contributed by atoms with van der Waals surface area (Å²) in [5.41, 5.74) is 6.28. The topological polar surface area (TPSA) is 73.6 Å². The third-order valence-corrected chi connectivity index (χ3v) is 4.77. The Morgan fingerprint density at radius 2 is 1.96 bits per heavy atom. The summed E-state index contributed by atoms with van der Waals surface area (Å²) in [6, 6.07) is 11.3. The fourth-order valence-electron chi connectivity index (χ4n) is 3.10. The van der Waals surface area contributed by atoms with Crippen LogP contribution in [0.5, 0.6) is 5.88 Å². The van der Waals surface area contributed by atoms with Crippen molar-refractivity contribution in [2.45, 2.75) is 26.0 Å². The lowest BCUT2D eigenvalue weighted by Crippen LogP contribution is -2.37. The van der Waals surface area contributed by atoms with Crippen LogP contribution in [0.3, 0.4) is 0 Å². The summed E-state index contributed by atoms with van der Waals surface area (Å²) in [6.07, 6.45) is 3.43. The average molecular weight is 398 g/mol. The minimum Gasteiger partial charge on any atom is -0.479 e. The van der Waals surface area contributed by atoms with Crippen molar-refractivity contribution < 1.29 is 9.57 Å². The molecular weight excluding hydrogens is 378 g/mol. The number of hydrogen-bond acceptors (Lipinski definition) is 6. The van der Waals surface area contributed by atoms with Crippen LogP contribution in [0.1, 0.15) is 30.0 Å². The minimum atomic E-state index is -0.212. The standard InChI is InChI=1S/C20H20ClN5O2/c1-12-10-26(11-22-12)17-9-8-16(24-20(17)27-3)19-23-13(2)18(28-25-19)14-4-6-15(21)7-5-14/h4-11,13,18H,1-3H3,(H,23,25)/t13-,18-/m1/s1. The molecule has 0 amide bonds. The summed E-state index contributed by atoms with van der Waals surface area (Å²) in [7, 11) is 1.59.